The summed E-state index contributed by atoms with van der Waals surface area (Å²) >= 11 is 0. The Hall–Kier alpha value is -1.87. The van der Waals surface area contributed by atoms with Gasteiger partial charge in [0.1, 0.15) is 0 Å². The maximum Gasteiger partial charge on any atom is 0.0421 e. The largest absolute Gasteiger partial charge is 0.374 e. The lowest BCUT2D eigenvalue weighted by Crippen LogP contribution is -2.23. The van der Waals surface area contributed by atoms with Gasteiger partial charge < -0.3 is 10.6 Å². The summed E-state index contributed by atoms with van der Waals surface area (Å²) in [5.41, 5.74) is 9.76. The number of anilines is 1. The lowest BCUT2D eigenvalue weighted by Gasteiger charge is -2.24. The Morgan fingerprint density at radius 1 is 1.15 bits per heavy atom. The van der Waals surface area contributed by atoms with E-state index in [1.807, 2.05) is 18.3 Å². The van der Waals surface area contributed by atoms with Gasteiger partial charge in [-0.3, -0.25) is 4.98 Å². The zero-order chi connectivity index (χ0) is 14.4. The van der Waals surface area contributed by atoms with Crippen LogP contribution in [0.5, 0.6) is 0 Å². The van der Waals surface area contributed by atoms with E-state index >= 15 is 0 Å². The fourth-order valence-electron chi connectivity index (χ4n) is 2.32. The van der Waals surface area contributed by atoms with E-state index in [-0.39, 0.29) is 6.04 Å². The third kappa shape index (κ3) is 3.58. The quantitative estimate of drug-likeness (QED) is 0.876. The molecule has 1 heterocycles. The number of hydrogen-bond donors (Lipinski definition) is 1. The SMILES string of the molecule is CC[C@@H](N)c1ccccc1N(C)CCc1ccccn1. The van der Waals surface area contributed by atoms with E-state index in [1.165, 1.54) is 11.3 Å². The molecule has 0 aliphatic rings. The van der Waals surface area contributed by atoms with Crippen molar-refractivity contribution in [3.8, 4) is 0 Å². The van der Waals surface area contributed by atoms with Crippen molar-refractivity contribution in [3.63, 3.8) is 0 Å². The molecule has 0 unspecified atom stereocenters. The van der Waals surface area contributed by atoms with Crippen molar-refractivity contribution in [1.29, 1.82) is 0 Å². The first-order valence-electron chi connectivity index (χ1n) is 7.18. The molecule has 0 saturated heterocycles. The molecule has 1 aromatic carbocycles. The summed E-state index contributed by atoms with van der Waals surface area (Å²) in [5, 5.41) is 0. The smallest absolute Gasteiger partial charge is 0.0421 e. The van der Waals surface area contributed by atoms with E-state index < -0.39 is 0 Å². The number of aromatic nitrogens is 1. The zero-order valence-corrected chi connectivity index (χ0v) is 12.3. The molecule has 0 aliphatic carbocycles. The van der Waals surface area contributed by atoms with Crippen LogP contribution in [0.15, 0.2) is 48.7 Å². The molecule has 0 spiro atoms. The van der Waals surface area contributed by atoms with Crippen LogP contribution in [0.2, 0.25) is 0 Å². The van der Waals surface area contributed by atoms with Crippen molar-refractivity contribution < 1.29 is 0 Å². The minimum atomic E-state index is 0.100. The Bertz CT molecular complexity index is 525. The van der Waals surface area contributed by atoms with E-state index in [2.05, 4.69) is 54.2 Å². The van der Waals surface area contributed by atoms with Crippen molar-refractivity contribution in [3.05, 3.63) is 59.9 Å². The average molecular weight is 269 g/mol. The Balaban J connectivity index is 2.07. The lowest BCUT2D eigenvalue weighted by atomic mass is 10.0. The molecule has 1 aromatic heterocycles. The highest BCUT2D eigenvalue weighted by Gasteiger charge is 2.12. The van der Waals surface area contributed by atoms with Gasteiger partial charge in [0.15, 0.2) is 0 Å². The van der Waals surface area contributed by atoms with Crippen LogP contribution in [-0.2, 0) is 6.42 Å². The number of para-hydroxylation sites is 1. The van der Waals surface area contributed by atoms with Crippen LogP contribution >= 0.6 is 0 Å². The highest BCUT2D eigenvalue weighted by atomic mass is 15.1. The Labute approximate surface area is 121 Å². The third-order valence-corrected chi connectivity index (χ3v) is 3.62. The predicted octanol–water partition coefficient (Wildman–Crippen LogP) is 3.17. The molecular formula is C17H23N3. The van der Waals surface area contributed by atoms with Gasteiger partial charge >= 0.3 is 0 Å². The number of pyridine rings is 1. The summed E-state index contributed by atoms with van der Waals surface area (Å²) in [6, 6.07) is 14.5. The van der Waals surface area contributed by atoms with Crippen LogP contribution in [0.25, 0.3) is 0 Å². The van der Waals surface area contributed by atoms with Crippen LogP contribution in [0, 0.1) is 0 Å². The predicted molar refractivity (Wildman–Crippen MR) is 84.9 cm³/mol. The van der Waals surface area contributed by atoms with Gasteiger partial charge in [-0.15, -0.1) is 0 Å². The Kier molecular flexibility index (Phi) is 5.13. The van der Waals surface area contributed by atoms with Crippen LogP contribution in [0.1, 0.15) is 30.6 Å². The zero-order valence-electron chi connectivity index (χ0n) is 12.3. The molecule has 0 radical (unpaired) electrons. The molecule has 0 fully saturated rings. The van der Waals surface area contributed by atoms with Gasteiger partial charge in [-0.05, 0) is 30.2 Å². The number of likely N-dealkylation sites (N-methyl/N-ethyl adjacent to an activating group) is 1. The number of nitrogens with two attached hydrogens (primary N) is 1. The van der Waals surface area contributed by atoms with E-state index in [0.717, 1.165) is 25.1 Å². The van der Waals surface area contributed by atoms with Crippen molar-refractivity contribution >= 4 is 5.69 Å². The molecule has 106 valence electrons. The van der Waals surface area contributed by atoms with Crippen molar-refractivity contribution in [1.82, 2.24) is 4.98 Å². The van der Waals surface area contributed by atoms with Gasteiger partial charge in [0.2, 0.25) is 0 Å². The first kappa shape index (κ1) is 14.5. The summed E-state index contributed by atoms with van der Waals surface area (Å²) in [4.78, 5) is 6.63. The van der Waals surface area contributed by atoms with Gasteiger partial charge in [-0.25, -0.2) is 0 Å². The molecule has 0 aliphatic heterocycles. The molecule has 0 amide bonds. The second-order valence-corrected chi connectivity index (χ2v) is 5.07. The summed E-state index contributed by atoms with van der Waals surface area (Å²) in [7, 11) is 2.12. The maximum atomic E-state index is 6.20. The molecule has 3 heteroatoms. The molecule has 0 bridgehead atoms. The summed E-state index contributed by atoms with van der Waals surface area (Å²) < 4.78 is 0. The first-order chi connectivity index (χ1) is 9.72. The highest BCUT2D eigenvalue weighted by Crippen LogP contribution is 2.25. The maximum absolute atomic E-state index is 6.20. The Morgan fingerprint density at radius 3 is 2.60 bits per heavy atom. The molecule has 2 aromatic rings. The number of rotatable bonds is 6. The van der Waals surface area contributed by atoms with E-state index in [0.29, 0.717) is 0 Å². The first-order valence-corrected chi connectivity index (χ1v) is 7.18. The van der Waals surface area contributed by atoms with Crippen LogP contribution < -0.4 is 10.6 Å². The monoisotopic (exact) mass is 269 g/mol. The van der Waals surface area contributed by atoms with E-state index in [9.17, 15) is 0 Å². The second kappa shape index (κ2) is 7.06. The van der Waals surface area contributed by atoms with Gasteiger partial charge in [-0.2, -0.15) is 0 Å². The lowest BCUT2D eigenvalue weighted by molar-refractivity contribution is 0.693. The topological polar surface area (TPSA) is 42.1 Å². The fourth-order valence-corrected chi connectivity index (χ4v) is 2.32. The van der Waals surface area contributed by atoms with E-state index in [4.69, 9.17) is 5.73 Å². The molecule has 3 nitrogen and oxygen atoms in total. The van der Waals surface area contributed by atoms with Gasteiger partial charge in [0.05, 0.1) is 0 Å². The summed E-state index contributed by atoms with van der Waals surface area (Å²) in [6.45, 7) is 3.06. The normalized spacial score (nSPS) is 12.2. The van der Waals surface area contributed by atoms with Gasteiger partial charge in [0.25, 0.3) is 0 Å². The average Bonchev–Trinajstić information content (AvgIpc) is 2.52. The van der Waals surface area contributed by atoms with Crippen molar-refractivity contribution in [2.45, 2.75) is 25.8 Å². The number of nitrogens with zero attached hydrogens (tertiary/aromatic N) is 2. The minimum Gasteiger partial charge on any atom is -0.374 e. The molecular weight excluding hydrogens is 246 g/mol. The van der Waals surface area contributed by atoms with Gasteiger partial charge in [-0.1, -0.05) is 31.2 Å². The fraction of sp³-hybridized carbons (Fsp3) is 0.353. The number of benzene rings is 1. The molecule has 1 atom stereocenters. The second-order valence-electron chi connectivity index (χ2n) is 5.07. The van der Waals surface area contributed by atoms with Gasteiger partial charge in [0, 0.05) is 43.6 Å². The van der Waals surface area contributed by atoms with Crippen LogP contribution in [0.4, 0.5) is 5.69 Å². The highest BCUT2D eigenvalue weighted by molar-refractivity contribution is 5.54. The van der Waals surface area contributed by atoms with Crippen LogP contribution in [-0.4, -0.2) is 18.6 Å². The third-order valence-electron chi connectivity index (χ3n) is 3.62. The van der Waals surface area contributed by atoms with E-state index in [1.54, 1.807) is 0 Å². The number of hydrogen-bond acceptors (Lipinski definition) is 3. The van der Waals surface area contributed by atoms with Crippen LogP contribution in [0.3, 0.4) is 0 Å². The Morgan fingerprint density at radius 2 is 1.90 bits per heavy atom. The minimum absolute atomic E-state index is 0.100. The van der Waals surface area contributed by atoms with Crippen molar-refractivity contribution in [2.75, 3.05) is 18.5 Å². The molecule has 2 rings (SSSR count). The molecule has 2 N–H and O–H groups in total. The molecule has 20 heavy (non-hydrogen) atoms. The standard InChI is InChI=1S/C17H23N3/c1-3-16(18)15-9-4-5-10-17(15)20(2)13-11-14-8-6-7-12-19-14/h4-10,12,16H,3,11,13,18H2,1-2H3/t16-/m1/s1. The summed E-state index contributed by atoms with van der Waals surface area (Å²) in [5.74, 6) is 0. The van der Waals surface area contributed by atoms with Crippen molar-refractivity contribution in [2.24, 2.45) is 5.73 Å². The summed E-state index contributed by atoms with van der Waals surface area (Å²) in [6.07, 6.45) is 3.73. The molecule has 0 saturated carbocycles.